The molecule has 1 fully saturated rings. The molecule has 0 bridgehead atoms. The molecule has 132 valence electrons. The van der Waals surface area contributed by atoms with Gasteiger partial charge in [0.1, 0.15) is 0 Å². The van der Waals surface area contributed by atoms with E-state index in [0.717, 1.165) is 19.4 Å². The zero-order valence-electron chi connectivity index (χ0n) is 13.8. The van der Waals surface area contributed by atoms with Gasteiger partial charge in [0.2, 0.25) is 0 Å². The van der Waals surface area contributed by atoms with Gasteiger partial charge in [0.05, 0.1) is 16.7 Å². The molecule has 0 N–H and O–H groups in total. The van der Waals surface area contributed by atoms with E-state index in [-0.39, 0.29) is 17.6 Å². The number of thiophene rings is 1. The van der Waals surface area contributed by atoms with Gasteiger partial charge in [-0.2, -0.15) is 16.4 Å². The third-order valence-corrected chi connectivity index (χ3v) is 5.28. The monoisotopic (exact) mass is 368 g/mol. The first-order valence-electron chi connectivity index (χ1n) is 8.27. The molecular formula is C18H16N4O3S. The normalized spacial score (nSPS) is 16.8. The van der Waals surface area contributed by atoms with E-state index in [1.54, 1.807) is 40.4 Å². The quantitative estimate of drug-likeness (QED) is 0.518. The van der Waals surface area contributed by atoms with E-state index in [0.29, 0.717) is 11.4 Å². The maximum atomic E-state index is 12.9. The Hall–Kier alpha value is -3.00. The molecule has 1 aliphatic rings. The van der Waals surface area contributed by atoms with E-state index in [2.05, 4.69) is 16.5 Å². The third-order valence-electron chi connectivity index (χ3n) is 4.57. The summed E-state index contributed by atoms with van der Waals surface area (Å²) in [5.41, 5.74) is 2.25. The SMILES string of the molecule is O=C(c1ccn(-c2ccc([N+](=O)[O-])cc2)n1)N1CCCC1c1ccsc1. The van der Waals surface area contributed by atoms with Crippen LogP contribution in [0, 0.1) is 10.1 Å². The lowest BCUT2D eigenvalue weighted by molar-refractivity contribution is -0.384. The number of carbonyl (C=O) groups excluding carboxylic acids is 1. The summed E-state index contributed by atoms with van der Waals surface area (Å²) in [5, 5.41) is 19.2. The van der Waals surface area contributed by atoms with Gasteiger partial charge in [0.15, 0.2) is 5.69 Å². The fourth-order valence-electron chi connectivity index (χ4n) is 3.28. The second kappa shape index (κ2) is 6.72. The fraction of sp³-hybridized carbons (Fsp3) is 0.222. The number of nitrogens with zero attached hydrogens (tertiary/aromatic N) is 4. The van der Waals surface area contributed by atoms with Crippen molar-refractivity contribution < 1.29 is 9.72 Å². The van der Waals surface area contributed by atoms with Gasteiger partial charge < -0.3 is 4.90 Å². The highest BCUT2D eigenvalue weighted by Crippen LogP contribution is 2.34. The highest BCUT2D eigenvalue weighted by molar-refractivity contribution is 7.08. The first-order valence-corrected chi connectivity index (χ1v) is 9.21. The standard InChI is InChI=1S/C18H16N4O3S/c23-18(20-9-1-2-17(20)13-8-11-26-12-13)16-7-10-21(19-16)14-3-5-15(6-4-14)22(24)25/h3-8,10-12,17H,1-2,9H2. The van der Waals surface area contributed by atoms with Gasteiger partial charge in [-0.15, -0.1) is 0 Å². The van der Waals surface area contributed by atoms with E-state index in [9.17, 15) is 14.9 Å². The van der Waals surface area contributed by atoms with E-state index >= 15 is 0 Å². The molecule has 0 spiro atoms. The number of carbonyl (C=O) groups is 1. The maximum absolute atomic E-state index is 12.9. The van der Waals surface area contributed by atoms with Crippen LogP contribution in [0.5, 0.6) is 0 Å². The molecule has 3 heterocycles. The number of hydrogen-bond donors (Lipinski definition) is 0. The highest BCUT2D eigenvalue weighted by Gasteiger charge is 2.31. The van der Waals surface area contributed by atoms with Crippen molar-refractivity contribution in [3.05, 3.63) is 74.7 Å². The van der Waals surface area contributed by atoms with Crippen molar-refractivity contribution in [3.8, 4) is 5.69 Å². The molecule has 1 aliphatic heterocycles. The molecule has 1 aromatic carbocycles. The van der Waals surface area contributed by atoms with Gasteiger partial charge >= 0.3 is 0 Å². The lowest BCUT2D eigenvalue weighted by atomic mass is 10.1. The van der Waals surface area contributed by atoms with Crippen molar-refractivity contribution >= 4 is 22.9 Å². The van der Waals surface area contributed by atoms with Gasteiger partial charge in [-0.3, -0.25) is 14.9 Å². The Morgan fingerprint density at radius 3 is 2.73 bits per heavy atom. The molecule has 26 heavy (non-hydrogen) atoms. The number of hydrogen-bond acceptors (Lipinski definition) is 5. The molecule has 0 aliphatic carbocycles. The smallest absolute Gasteiger partial charge is 0.274 e. The minimum absolute atomic E-state index is 0.0212. The highest BCUT2D eigenvalue weighted by atomic mass is 32.1. The number of nitro groups is 1. The predicted molar refractivity (Wildman–Crippen MR) is 97.5 cm³/mol. The van der Waals surface area contributed by atoms with E-state index in [1.807, 2.05) is 10.3 Å². The molecular weight excluding hydrogens is 352 g/mol. The molecule has 3 aromatic rings. The average Bonchev–Trinajstić information content (AvgIpc) is 3.41. The number of aromatic nitrogens is 2. The summed E-state index contributed by atoms with van der Waals surface area (Å²) < 4.78 is 1.56. The van der Waals surface area contributed by atoms with Crippen molar-refractivity contribution in [2.45, 2.75) is 18.9 Å². The number of amides is 1. The van der Waals surface area contributed by atoms with Crippen molar-refractivity contribution in [3.63, 3.8) is 0 Å². The predicted octanol–water partition coefficient (Wildman–Crippen LogP) is 3.82. The molecule has 1 unspecified atom stereocenters. The van der Waals surface area contributed by atoms with Crippen LogP contribution in [0.1, 0.15) is 34.9 Å². The Morgan fingerprint density at radius 1 is 1.23 bits per heavy atom. The molecule has 4 rings (SSSR count). The molecule has 0 saturated carbocycles. The third kappa shape index (κ3) is 2.99. The van der Waals surface area contributed by atoms with Crippen LogP contribution in [0.15, 0.2) is 53.4 Å². The van der Waals surface area contributed by atoms with Gasteiger partial charge in [-0.1, -0.05) is 0 Å². The Labute approximate surface area is 153 Å². The van der Waals surface area contributed by atoms with Crippen molar-refractivity contribution in [1.82, 2.24) is 14.7 Å². The summed E-state index contributed by atoms with van der Waals surface area (Å²) in [6, 6.07) is 9.94. The minimum atomic E-state index is -0.445. The molecule has 1 amide bonds. The molecule has 8 heteroatoms. The summed E-state index contributed by atoms with van der Waals surface area (Å²) in [4.78, 5) is 25.1. The van der Waals surface area contributed by atoms with Gasteiger partial charge in [-0.05, 0) is 53.4 Å². The number of likely N-dealkylation sites (tertiary alicyclic amines) is 1. The molecule has 7 nitrogen and oxygen atoms in total. The largest absolute Gasteiger partial charge is 0.330 e. The summed E-state index contributed by atoms with van der Waals surface area (Å²) in [6.45, 7) is 0.726. The Balaban J connectivity index is 1.55. The minimum Gasteiger partial charge on any atom is -0.330 e. The van der Waals surface area contributed by atoms with Crippen LogP contribution in [0.2, 0.25) is 0 Å². The lowest BCUT2D eigenvalue weighted by Crippen LogP contribution is -2.30. The van der Waals surface area contributed by atoms with Crippen molar-refractivity contribution in [2.24, 2.45) is 0 Å². The average molecular weight is 368 g/mol. The van der Waals surface area contributed by atoms with Crippen LogP contribution in [-0.2, 0) is 0 Å². The van der Waals surface area contributed by atoms with Crippen LogP contribution >= 0.6 is 11.3 Å². The maximum Gasteiger partial charge on any atom is 0.274 e. The van der Waals surface area contributed by atoms with Crippen LogP contribution in [0.3, 0.4) is 0 Å². The number of rotatable bonds is 4. The zero-order valence-corrected chi connectivity index (χ0v) is 14.6. The van der Waals surface area contributed by atoms with E-state index in [1.165, 1.54) is 17.7 Å². The van der Waals surface area contributed by atoms with E-state index in [4.69, 9.17) is 0 Å². The molecule has 1 saturated heterocycles. The molecule has 1 atom stereocenters. The summed E-state index contributed by atoms with van der Waals surface area (Å²) in [6.07, 6.45) is 3.64. The van der Waals surface area contributed by atoms with E-state index < -0.39 is 4.92 Å². The number of benzene rings is 1. The van der Waals surface area contributed by atoms with Crippen molar-refractivity contribution in [1.29, 1.82) is 0 Å². The van der Waals surface area contributed by atoms with Gasteiger partial charge in [0, 0.05) is 24.9 Å². The Morgan fingerprint density at radius 2 is 2.04 bits per heavy atom. The van der Waals surface area contributed by atoms with Crippen LogP contribution in [0.25, 0.3) is 5.69 Å². The second-order valence-electron chi connectivity index (χ2n) is 6.13. The Bertz CT molecular complexity index is 934. The fourth-order valence-corrected chi connectivity index (χ4v) is 3.98. The van der Waals surface area contributed by atoms with Gasteiger partial charge in [0.25, 0.3) is 11.6 Å². The first kappa shape index (κ1) is 16.5. The van der Waals surface area contributed by atoms with Crippen LogP contribution < -0.4 is 0 Å². The summed E-state index contributed by atoms with van der Waals surface area (Å²) in [5.74, 6) is -0.0839. The second-order valence-corrected chi connectivity index (χ2v) is 6.91. The summed E-state index contributed by atoms with van der Waals surface area (Å²) >= 11 is 1.63. The Kier molecular flexibility index (Phi) is 4.26. The topological polar surface area (TPSA) is 81.3 Å². The summed E-state index contributed by atoms with van der Waals surface area (Å²) in [7, 11) is 0. The van der Waals surface area contributed by atoms with Crippen LogP contribution in [0.4, 0.5) is 5.69 Å². The molecule has 2 aromatic heterocycles. The zero-order chi connectivity index (χ0) is 18.1. The van der Waals surface area contributed by atoms with Crippen LogP contribution in [-0.4, -0.2) is 32.1 Å². The number of nitro benzene ring substituents is 1. The molecule has 0 radical (unpaired) electrons. The number of non-ortho nitro benzene ring substituents is 1. The first-order chi connectivity index (χ1) is 12.6. The van der Waals surface area contributed by atoms with Crippen molar-refractivity contribution in [2.75, 3.05) is 6.54 Å². The lowest BCUT2D eigenvalue weighted by Gasteiger charge is -2.23. The van der Waals surface area contributed by atoms with Gasteiger partial charge in [-0.25, -0.2) is 4.68 Å².